The third kappa shape index (κ3) is 4.99. The van der Waals surface area contributed by atoms with Crippen molar-refractivity contribution in [1.29, 1.82) is 0 Å². The fraction of sp³-hybridized carbons (Fsp3) is 0.185. The Bertz CT molecular complexity index is 1710. The van der Waals surface area contributed by atoms with E-state index >= 15 is 0 Å². The number of benzene rings is 1. The molecule has 0 aliphatic rings. The summed E-state index contributed by atoms with van der Waals surface area (Å²) in [6.07, 6.45) is 1.20. The second-order valence-corrected chi connectivity index (χ2v) is 9.14. The molecule has 4 heterocycles. The van der Waals surface area contributed by atoms with Gasteiger partial charge in [0.25, 0.3) is 5.56 Å². The smallest absolute Gasteiger partial charge is 0.416 e. The number of para-hydroxylation sites is 1. The predicted molar refractivity (Wildman–Crippen MR) is 137 cm³/mol. The summed E-state index contributed by atoms with van der Waals surface area (Å²) in [7, 11) is 1.87. The van der Waals surface area contributed by atoms with Crippen molar-refractivity contribution < 1.29 is 17.9 Å². The van der Waals surface area contributed by atoms with Crippen LogP contribution in [0.5, 0.6) is 5.75 Å². The Hall–Kier alpha value is -4.18. The second-order valence-electron chi connectivity index (χ2n) is 8.73. The number of hydrogen-bond donors (Lipinski definition) is 0. The van der Waals surface area contributed by atoms with E-state index in [2.05, 4.69) is 10.1 Å². The minimum atomic E-state index is -4.60. The highest BCUT2D eigenvalue weighted by Gasteiger charge is 2.31. The average Bonchev–Trinajstić information content (AvgIpc) is 3.29. The Kier molecular flexibility index (Phi) is 6.66. The van der Waals surface area contributed by atoms with Crippen LogP contribution < -0.4 is 10.3 Å². The highest BCUT2D eigenvalue weighted by molar-refractivity contribution is 6.31. The number of nitrogens with zero attached hydrogens (tertiary/aromatic N) is 5. The van der Waals surface area contributed by atoms with Gasteiger partial charge in [-0.15, -0.1) is 0 Å². The molecule has 0 unspecified atom stereocenters. The van der Waals surface area contributed by atoms with Crippen molar-refractivity contribution >= 4 is 22.5 Å². The van der Waals surface area contributed by atoms with Gasteiger partial charge in [-0.2, -0.15) is 18.3 Å². The fourth-order valence-corrected chi connectivity index (χ4v) is 4.50. The number of ether oxygens (including phenoxy) is 1. The van der Waals surface area contributed by atoms with Crippen LogP contribution in [0.25, 0.3) is 22.2 Å². The van der Waals surface area contributed by atoms with Crippen molar-refractivity contribution in [2.45, 2.75) is 26.3 Å². The normalized spacial score (nSPS) is 11.7. The summed E-state index contributed by atoms with van der Waals surface area (Å²) in [4.78, 5) is 21.2. The van der Waals surface area contributed by atoms with E-state index < -0.39 is 17.3 Å². The lowest BCUT2D eigenvalue weighted by atomic mass is 10.0. The molecule has 0 N–H and O–H groups in total. The summed E-state index contributed by atoms with van der Waals surface area (Å²) in [6, 6.07) is 11.0. The lowest BCUT2D eigenvalue weighted by Gasteiger charge is -2.16. The SMILES string of the molecule is Cc1cc(-c2ccnn2C)c2cccc(OCc3c(Cl)cncc3Cn3ccc(C(F)(F)F)cc3=O)c2n1. The van der Waals surface area contributed by atoms with E-state index in [0.29, 0.717) is 33.5 Å². The molecule has 11 heteroatoms. The summed E-state index contributed by atoms with van der Waals surface area (Å²) in [6.45, 7) is 1.90. The number of fused-ring (bicyclic) bond motifs is 1. The van der Waals surface area contributed by atoms with Gasteiger partial charge in [-0.05, 0) is 36.8 Å². The van der Waals surface area contributed by atoms with Gasteiger partial charge in [-0.1, -0.05) is 23.7 Å². The molecule has 0 bridgehead atoms. The molecule has 0 aliphatic heterocycles. The van der Waals surface area contributed by atoms with Gasteiger partial charge in [-0.25, -0.2) is 4.98 Å². The molecule has 38 heavy (non-hydrogen) atoms. The van der Waals surface area contributed by atoms with E-state index in [4.69, 9.17) is 21.3 Å². The number of hydrogen-bond acceptors (Lipinski definition) is 5. The first kappa shape index (κ1) is 25.5. The summed E-state index contributed by atoms with van der Waals surface area (Å²) in [5.74, 6) is 0.528. The van der Waals surface area contributed by atoms with Crippen LogP contribution in [0.3, 0.4) is 0 Å². The maximum atomic E-state index is 13.0. The average molecular weight is 540 g/mol. The molecule has 7 nitrogen and oxygen atoms in total. The zero-order valence-corrected chi connectivity index (χ0v) is 21.1. The maximum absolute atomic E-state index is 13.0. The van der Waals surface area contributed by atoms with Crippen LogP contribution >= 0.6 is 11.6 Å². The van der Waals surface area contributed by atoms with Gasteiger partial charge in [-0.3, -0.25) is 14.5 Å². The number of aryl methyl sites for hydroxylation is 2. The number of rotatable bonds is 6. The van der Waals surface area contributed by atoms with Crippen molar-refractivity contribution in [3.05, 3.63) is 105 Å². The molecule has 0 saturated carbocycles. The number of halogens is 4. The van der Waals surface area contributed by atoms with E-state index in [-0.39, 0.29) is 13.2 Å². The first-order valence-corrected chi connectivity index (χ1v) is 11.9. The molecule has 0 aliphatic carbocycles. The Morgan fingerprint density at radius 1 is 1.11 bits per heavy atom. The number of aromatic nitrogens is 5. The highest BCUT2D eigenvalue weighted by Crippen LogP contribution is 2.34. The van der Waals surface area contributed by atoms with Crippen molar-refractivity contribution in [3.8, 4) is 17.0 Å². The molecule has 0 saturated heterocycles. The first-order valence-electron chi connectivity index (χ1n) is 11.5. The largest absolute Gasteiger partial charge is 0.487 e. The lowest BCUT2D eigenvalue weighted by Crippen LogP contribution is -2.22. The van der Waals surface area contributed by atoms with Crippen molar-refractivity contribution in [2.75, 3.05) is 0 Å². The summed E-state index contributed by atoms with van der Waals surface area (Å²) in [5, 5.41) is 5.46. The van der Waals surface area contributed by atoms with Crippen molar-refractivity contribution in [1.82, 2.24) is 24.3 Å². The summed E-state index contributed by atoms with van der Waals surface area (Å²) in [5.41, 5.74) is 2.66. The molecule has 5 aromatic rings. The third-order valence-electron chi connectivity index (χ3n) is 6.16. The third-order valence-corrected chi connectivity index (χ3v) is 6.48. The quantitative estimate of drug-likeness (QED) is 0.273. The summed E-state index contributed by atoms with van der Waals surface area (Å²) >= 11 is 6.44. The fourth-order valence-electron chi connectivity index (χ4n) is 4.26. The van der Waals surface area contributed by atoms with Crippen molar-refractivity contribution in [3.63, 3.8) is 0 Å². The molecule has 0 radical (unpaired) electrons. The van der Waals surface area contributed by atoms with Crippen LogP contribution in [0, 0.1) is 6.92 Å². The Morgan fingerprint density at radius 2 is 1.92 bits per heavy atom. The molecule has 1 aromatic carbocycles. The van der Waals surface area contributed by atoms with E-state index in [1.165, 1.54) is 12.4 Å². The number of alkyl halides is 3. The Balaban J connectivity index is 1.47. The second kappa shape index (κ2) is 9.94. The molecule has 0 atom stereocenters. The van der Waals surface area contributed by atoms with E-state index in [0.717, 1.165) is 39.2 Å². The molecular formula is C27H21ClF3N5O2. The molecular weight excluding hydrogens is 519 g/mol. The van der Waals surface area contributed by atoms with Crippen LogP contribution in [0.1, 0.15) is 22.4 Å². The van der Waals surface area contributed by atoms with Gasteiger partial charge in [0.05, 0.1) is 22.8 Å². The maximum Gasteiger partial charge on any atom is 0.416 e. The molecule has 194 valence electrons. The van der Waals surface area contributed by atoms with Gasteiger partial charge >= 0.3 is 6.18 Å². The van der Waals surface area contributed by atoms with Gasteiger partial charge in [0.15, 0.2) is 0 Å². The minimum absolute atomic E-state index is 0.0270. The lowest BCUT2D eigenvalue weighted by molar-refractivity contribution is -0.137. The van der Waals surface area contributed by atoms with Gasteiger partial charge in [0, 0.05) is 60.1 Å². The monoisotopic (exact) mass is 539 g/mol. The molecule has 0 fully saturated rings. The van der Waals surface area contributed by atoms with Gasteiger partial charge in [0.1, 0.15) is 17.9 Å². The summed E-state index contributed by atoms with van der Waals surface area (Å²) < 4.78 is 48.0. The molecule has 0 spiro atoms. The van der Waals surface area contributed by atoms with Gasteiger partial charge in [0.2, 0.25) is 0 Å². The van der Waals surface area contributed by atoms with Crippen LogP contribution in [0.2, 0.25) is 5.02 Å². The Labute approximate surface area is 220 Å². The molecule has 4 aromatic heterocycles. The van der Waals surface area contributed by atoms with Gasteiger partial charge < -0.3 is 9.30 Å². The first-order chi connectivity index (χ1) is 18.1. The zero-order chi connectivity index (χ0) is 27.0. The van der Waals surface area contributed by atoms with E-state index in [1.807, 2.05) is 38.2 Å². The minimum Gasteiger partial charge on any atom is -0.487 e. The Morgan fingerprint density at radius 3 is 2.63 bits per heavy atom. The number of pyridine rings is 3. The zero-order valence-electron chi connectivity index (χ0n) is 20.3. The van der Waals surface area contributed by atoms with Crippen LogP contribution in [0.15, 0.2) is 72.0 Å². The van der Waals surface area contributed by atoms with E-state index in [1.54, 1.807) is 16.9 Å². The predicted octanol–water partition coefficient (Wildman–Crippen LogP) is 5.80. The van der Waals surface area contributed by atoms with Crippen LogP contribution in [-0.4, -0.2) is 24.3 Å². The highest BCUT2D eigenvalue weighted by atomic mass is 35.5. The van der Waals surface area contributed by atoms with Crippen LogP contribution in [-0.2, 0) is 26.4 Å². The van der Waals surface area contributed by atoms with E-state index in [9.17, 15) is 18.0 Å². The van der Waals surface area contributed by atoms with Crippen molar-refractivity contribution in [2.24, 2.45) is 7.05 Å². The van der Waals surface area contributed by atoms with Crippen LogP contribution in [0.4, 0.5) is 13.2 Å². The topological polar surface area (TPSA) is 74.8 Å². The molecule has 0 amide bonds. The standard InChI is InChI=1S/C27H21ClF3N5O2/c1-16-10-20(23-6-8-33-35(23)2)19-4-3-5-24(26(19)34-16)38-15-21-17(12-32-13-22(21)28)14-36-9-7-18(11-25(36)37)27(29,30)31/h3-13H,14-15H2,1-2H3. The molecule has 5 rings (SSSR count).